The molecule has 1 amide bonds. The van der Waals surface area contributed by atoms with Crippen LogP contribution in [-0.4, -0.2) is 39.0 Å². The first-order valence-electron chi connectivity index (χ1n) is 9.03. The number of piperidine rings is 1. The van der Waals surface area contributed by atoms with E-state index >= 15 is 0 Å². The summed E-state index contributed by atoms with van der Waals surface area (Å²) >= 11 is 1.66. The molecule has 1 aliphatic heterocycles. The monoisotopic (exact) mass is 383 g/mol. The summed E-state index contributed by atoms with van der Waals surface area (Å²) in [5, 5.41) is 9.11. The molecule has 140 valence electrons. The number of carbonyl (C=O) groups excluding carboxylic acids is 1. The molecule has 8 heteroatoms. The summed E-state index contributed by atoms with van der Waals surface area (Å²) in [5.74, 6) is 1.22. The predicted octanol–water partition coefficient (Wildman–Crippen LogP) is 2.72. The number of aromatic nitrogens is 3. The third-order valence-corrected chi connectivity index (χ3v) is 5.52. The van der Waals surface area contributed by atoms with Gasteiger partial charge in [-0.1, -0.05) is 11.2 Å². The van der Waals surface area contributed by atoms with Crippen molar-refractivity contribution in [3.8, 4) is 11.4 Å². The largest absolute Gasteiger partial charge is 0.351 e. The van der Waals surface area contributed by atoms with Crippen molar-refractivity contribution in [1.29, 1.82) is 0 Å². The first-order valence-corrected chi connectivity index (χ1v) is 9.91. The Hall–Kier alpha value is -2.58. The van der Waals surface area contributed by atoms with Crippen LogP contribution in [0.3, 0.4) is 0 Å². The summed E-state index contributed by atoms with van der Waals surface area (Å²) in [6, 6.07) is 7.78. The third-order valence-electron chi connectivity index (χ3n) is 4.64. The molecule has 3 aromatic rings. The second-order valence-corrected chi connectivity index (χ2v) is 7.66. The molecular weight excluding hydrogens is 362 g/mol. The molecule has 1 atom stereocenters. The fourth-order valence-electron chi connectivity index (χ4n) is 3.27. The van der Waals surface area contributed by atoms with Crippen LogP contribution in [0.5, 0.6) is 0 Å². The molecule has 0 unspecified atom stereocenters. The summed E-state index contributed by atoms with van der Waals surface area (Å²) in [7, 11) is 0. The van der Waals surface area contributed by atoms with Crippen molar-refractivity contribution < 1.29 is 9.32 Å². The Labute approximate surface area is 161 Å². The zero-order chi connectivity index (χ0) is 18.5. The van der Waals surface area contributed by atoms with Crippen LogP contribution in [0.2, 0.25) is 0 Å². The lowest BCUT2D eigenvalue weighted by Crippen LogP contribution is -2.42. The molecule has 0 saturated carbocycles. The number of likely N-dealkylation sites (tertiary alicyclic amines) is 1. The molecule has 0 aliphatic carbocycles. The normalized spacial score (nSPS) is 17.7. The van der Waals surface area contributed by atoms with Gasteiger partial charge in [0.25, 0.3) is 0 Å². The van der Waals surface area contributed by atoms with Gasteiger partial charge in [0.1, 0.15) is 0 Å². The minimum Gasteiger partial charge on any atom is -0.351 e. The smallest absolute Gasteiger partial charge is 0.241 e. The Morgan fingerprint density at radius 2 is 2.33 bits per heavy atom. The number of rotatable bonds is 6. The Kier molecular flexibility index (Phi) is 5.55. The molecule has 1 N–H and O–H groups in total. The van der Waals surface area contributed by atoms with E-state index in [-0.39, 0.29) is 11.8 Å². The maximum absolute atomic E-state index is 12.5. The van der Waals surface area contributed by atoms with E-state index in [1.54, 1.807) is 23.7 Å². The molecule has 4 rings (SSSR count). The standard InChI is InChI=1S/C19H21N5O2S/c25-19(21-11-16-6-3-9-27-16)15-5-2-8-24(12-15)13-17-22-18(23-26-17)14-4-1-7-20-10-14/h1,3-4,6-7,9-10,15H,2,5,8,11-13H2,(H,21,25)/t15-/m1/s1. The predicted molar refractivity (Wildman–Crippen MR) is 102 cm³/mol. The van der Waals surface area contributed by atoms with Gasteiger partial charge in [-0.2, -0.15) is 4.98 Å². The van der Waals surface area contributed by atoms with Crippen molar-refractivity contribution in [3.05, 3.63) is 52.8 Å². The first-order chi connectivity index (χ1) is 13.3. The van der Waals surface area contributed by atoms with E-state index in [1.165, 1.54) is 4.88 Å². The average molecular weight is 383 g/mol. The number of amides is 1. The lowest BCUT2D eigenvalue weighted by atomic mass is 9.97. The van der Waals surface area contributed by atoms with E-state index in [1.807, 2.05) is 29.6 Å². The topological polar surface area (TPSA) is 84.2 Å². The van der Waals surface area contributed by atoms with Gasteiger partial charge in [-0.3, -0.25) is 14.7 Å². The molecule has 27 heavy (non-hydrogen) atoms. The van der Waals surface area contributed by atoms with Gasteiger partial charge < -0.3 is 9.84 Å². The highest BCUT2D eigenvalue weighted by Crippen LogP contribution is 2.20. The molecular formula is C19H21N5O2S. The van der Waals surface area contributed by atoms with Crippen molar-refractivity contribution in [3.63, 3.8) is 0 Å². The third kappa shape index (κ3) is 4.58. The van der Waals surface area contributed by atoms with Crippen molar-refractivity contribution in [2.75, 3.05) is 13.1 Å². The molecule has 1 aliphatic rings. The van der Waals surface area contributed by atoms with Gasteiger partial charge in [-0.05, 0) is 43.0 Å². The van der Waals surface area contributed by atoms with Gasteiger partial charge in [0, 0.05) is 29.4 Å². The lowest BCUT2D eigenvalue weighted by Gasteiger charge is -2.30. The van der Waals surface area contributed by atoms with Crippen molar-refractivity contribution in [2.24, 2.45) is 5.92 Å². The molecule has 7 nitrogen and oxygen atoms in total. The van der Waals surface area contributed by atoms with Crippen LogP contribution in [0, 0.1) is 5.92 Å². The first kappa shape index (κ1) is 17.8. The summed E-state index contributed by atoms with van der Waals surface area (Å²) < 4.78 is 5.38. The second kappa shape index (κ2) is 8.41. The Morgan fingerprint density at radius 1 is 1.37 bits per heavy atom. The Bertz CT molecular complexity index is 865. The highest BCUT2D eigenvalue weighted by molar-refractivity contribution is 7.09. The molecule has 0 radical (unpaired) electrons. The van der Waals surface area contributed by atoms with Gasteiger partial charge in [0.2, 0.25) is 17.6 Å². The van der Waals surface area contributed by atoms with Crippen molar-refractivity contribution >= 4 is 17.2 Å². The quantitative estimate of drug-likeness (QED) is 0.705. The van der Waals surface area contributed by atoms with Crippen LogP contribution in [0.4, 0.5) is 0 Å². The van der Waals surface area contributed by atoms with Gasteiger partial charge in [-0.25, -0.2) is 0 Å². The maximum Gasteiger partial charge on any atom is 0.241 e. The summed E-state index contributed by atoms with van der Waals surface area (Å²) in [6.07, 6.45) is 5.32. The number of thiophene rings is 1. The van der Waals surface area contributed by atoms with Crippen LogP contribution in [0.25, 0.3) is 11.4 Å². The number of pyridine rings is 1. The molecule has 1 saturated heterocycles. The Morgan fingerprint density at radius 3 is 3.15 bits per heavy atom. The zero-order valence-corrected chi connectivity index (χ0v) is 15.7. The molecule has 0 spiro atoms. The van der Waals surface area contributed by atoms with Crippen molar-refractivity contribution in [1.82, 2.24) is 25.3 Å². The second-order valence-electron chi connectivity index (χ2n) is 6.62. The van der Waals surface area contributed by atoms with E-state index in [4.69, 9.17) is 4.52 Å². The fraction of sp³-hybridized carbons (Fsp3) is 0.368. The summed E-state index contributed by atoms with van der Waals surface area (Å²) in [5.41, 5.74) is 0.831. The van der Waals surface area contributed by atoms with Crippen LogP contribution in [0.15, 0.2) is 46.6 Å². The molecule has 0 aromatic carbocycles. The Balaban J connectivity index is 1.32. The number of carbonyl (C=O) groups is 1. The minimum atomic E-state index is -0.000530. The van der Waals surface area contributed by atoms with E-state index in [2.05, 4.69) is 25.3 Å². The highest BCUT2D eigenvalue weighted by atomic mass is 32.1. The molecule has 0 bridgehead atoms. The number of nitrogens with zero attached hydrogens (tertiary/aromatic N) is 4. The zero-order valence-electron chi connectivity index (χ0n) is 14.9. The van der Waals surface area contributed by atoms with Crippen molar-refractivity contribution in [2.45, 2.75) is 25.9 Å². The van der Waals surface area contributed by atoms with Crippen LogP contribution < -0.4 is 5.32 Å². The van der Waals surface area contributed by atoms with E-state index in [9.17, 15) is 4.79 Å². The summed E-state index contributed by atoms with van der Waals surface area (Å²) in [6.45, 7) is 2.80. The van der Waals surface area contributed by atoms with E-state index in [0.717, 1.165) is 24.9 Å². The van der Waals surface area contributed by atoms with E-state index in [0.29, 0.717) is 31.3 Å². The van der Waals surface area contributed by atoms with Gasteiger partial charge in [-0.15, -0.1) is 11.3 Å². The van der Waals surface area contributed by atoms with Crippen LogP contribution >= 0.6 is 11.3 Å². The lowest BCUT2D eigenvalue weighted by molar-refractivity contribution is -0.127. The maximum atomic E-state index is 12.5. The number of nitrogens with one attached hydrogen (secondary N) is 1. The van der Waals surface area contributed by atoms with Gasteiger partial charge >= 0.3 is 0 Å². The highest BCUT2D eigenvalue weighted by Gasteiger charge is 2.26. The van der Waals surface area contributed by atoms with Gasteiger partial charge in [0.15, 0.2) is 0 Å². The number of hydrogen-bond acceptors (Lipinski definition) is 7. The molecule has 1 fully saturated rings. The molecule has 4 heterocycles. The number of hydrogen-bond donors (Lipinski definition) is 1. The summed E-state index contributed by atoms with van der Waals surface area (Å²) in [4.78, 5) is 24.4. The van der Waals surface area contributed by atoms with Crippen LogP contribution in [0.1, 0.15) is 23.6 Å². The van der Waals surface area contributed by atoms with Gasteiger partial charge in [0.05, 0.1) is 19.0 Å². The van der Waals surface area contributed by atoms with E-state index < -0.39 is 0 Å². The molecule has 3 aromatic heterocycles. The van der Waals surface area contributed by atoms with Crippen LogP contribution in [-0.2, 0) is 17.9 Å². The average Bonchev–Trinajstić information content (AvgIpc) is 3.39. The minimum absolute atomic E-state index is 0.000530. The SMILES string of the molecule is O=C(NCc1cccs1)[C@@H]1CCCN(Cc2nc(-c3cccnc3)no2)C1. The fourth-order valence-corrected chi connectivity index (χ4v) is 3.91.